The molecule has 0 saturated carbocycles. The van der Waals surface area contributed by atoms with Crippen LogP contribution in [0.2, 0.25) is 0 Å². The minimum absolute atomic E-state index is 0.458. The molecule has 0 amide bonds. The molecule has 0 aliphatic carbocycles. The van der Waals surface area contributed by atoms with Crippen molar-refractivity contribution in [2.75, 3.05) is 16.9 Å². The van der Waals surface area contributed by atoms with Crippen LogP contribution in [0.1, 0.15) is 11.8 Å². The number of thiophene rings is 2. The molecular formula is C13H15N5S2. The zero-order chi connectivity index (χ0) is 13.9. The van der Waals surface area contributed by atoms with E-state index >= 15 is 0 Å². The molecule has 5 nitrogen and oxygen atoms in total. The van der Waals surface area contributed by atoms with Crippen LogP contribution in [0.5, 0.6) is 0 Å². The van der Waals surface area contributed by atoms with E-state index in [-0.39, 0.29) is 0 Å². The smallest absolute Gasteiger partial charge is 0.240 e. The maximum Gasteiger partial charge on any atom is 0.240 e. The van der Waals surface area contributed by atoms with Crippen molar-refractivity contribution >= 4 is 44.7 Å². The number of nitrogens with one attached hydrogen (secondary N) is 1. The lowest BCUT2D eigenvalue weighted by Gasteiger charge is -2.22. The van der Waals surface area contributed by atoms with E-state index in [9.17, 15) is 0 Å². The maximum atomic E-state index is 5.47. The lowest BCUT2D eigenvalue weighted by Crippen LogP contribution is -2.24. The van der Waals surface area contributed by atoms with Crippen LogP contribution in [-0.2, 0) is 6.54 Å². The summed E-state index contributed by atoms with van der Waals surface area (Å²) in [4.78, 5) is 13.4. The van der Waals surface area contributed by atoms with E-state index in [0.717, 1.165) is 29.1 Å². The first-order valence-electron chi connectivity index (χ1n) is 6.31. The Bertz CT molecular complexity index is 692. The molecule has 20 heavy (non-hydrogen) atoms. The van der Waals surface area contributed by atoms with Crippen molar-refractivity contribution < 1.29 is 0 Å². The third-order valence-corrected chi connectivity index (χ3v) is 4.71. The van der Waals surface area contributed by atoms with Gasteiger partial charge in [-0.15, -0.1) is 22.7 Å². The van der Waals surface area contributed by atoms with Gasteiger partial charge in [-0.1, -0.05) is 6.07 Å². The van der Waals surface area contributed by atoms with Crippen LogP contribution in [0.3, 0.4) is 0 Å². The molecule has 0 spiro atoms. The standard InChI is InChI=1S/C13H15N5S2/c1-2-18(8-9-4-3-6-19-9)11-10-5-7-20-12(10)16-13(15-11)17-14/h3-7H,2,8,14H2,1H3,(H,15,16,17). The zero-order valence-corrected chi connectivity index (χ0v) is 12.7. The second kappa shape index (κ2) is 5.74. The van der Waals surface area contributed by atoms with Gasteiger partial charge in [-0.3, -0.25) is 5.43 Å². The fourth-order valence-corrected chi connectivity index (χ4v) is 3.55. The number of nitrogens with zero attached hydrogens (tertiary/aromatic N) is 3. The van der Waals surface area contributed by atoms with Crippen molar-refractivity contribution in [2.45, 2.75) is 13.5 Å². The SMILES string of the molecule is CCN(Cc1cccs1)c1nc(NN)nc2sccc12. The van der Waals surface area contributed by atoms with Gasteiger partial charge >= 0.3 is 0 Å². The van der Waals surface area contributed by atoms with E-state index < -0.39 is 0 Å². The van der Waals surface area contributed by atoms with Gasteiger partial charge in [0.05, 0.1) is 11.9 Å². The topological polar surface area (TPSA) is 67.1 Å². The highest BCUT2D eigenvalue weighted by Gasteiger charge is 2.14. The Morgan fingerprint density at radius 1 is 1.25 bits per heavy atom. The molecule has 0 aromatic carbocycles. The number of fused-ring (bicyclic) bond motifs is 1. The highest BCUT2D eigenvalue weighted by molar-refractivity contribution is 7.16. The van der Waals surface area contributed by atoms with E-state index in [1.165, 1.54) is 4.88 Å². The van der Waals surface area contributed by atoms with Gasteiger partial charge in [0.15, 0.2) is 0 Å². The first kappa shape index (κ1) is 13.3. The van der Waals surface area contributed by atoms with Gasteiger partial charge in [-0.2, -0.15) is 4.98 Å². The van der Waals surface area contributed by atoms with Crippen LogP contribution in [0.25, 0.3) is 10.2 Å². The van der Waals surface area contributed by atoms with Crippen molar-refractivity contribution in [3.8, 4) is 0 Å². The molecule has 104 valence electrons. The molecule has 0 aliphatic rings. The number of anilines is 2. The summed E-state index contributed by atoms with van der Waals surface area (Å²) in [6.07, 6.45) is 0. The Hall–Kier alpha value is -1.70. The largest absolute Gasteiger partial charge is 0.351 e. The van der Waals surface area contributed by atoms with Crippen LogP contribution in [0, 0.1) is 0 Å². The van der Waals surface area contributed by atoms with E-state index in [2.05, 4.69) is 50.8 Å². The van der Waals surface area contributed by atoms with Gasteiger partial charge in [0.1, 0.15) is 10.6 Å². The van der Waals surface area contributed by atoms with Crippen molar-refractivity contribution in [3.05, 3.63) is 33.8 Å². The molecule has 7 heteroatoms. The Morgan fingerprint density at radius 3 is 2.85 bits per heavy atom. The molecule has 0 atom stereocenters. The summed E-state index contributed by atoms with van der Waals surface area (Å²) in [5.74, 6) is 6.86. The maximum absolute atomic E-state index is 5.47. The first-order chi connectivity index (χ1) is 9.81. The fraction of sp³-hybridized carbons (Fsp3) is 0.231. The number of nitrogen functional groups attached to an aromatic ring is 1. The quantitative estimate of drug-likeness (QED) is 0.560. The molecule has 0 fully saturated rings. The number of hydrazine groups is 1. The Balaban J connectivity index is 2.03. The van der Waals surface area contributed by atoms with E-state index in [1.807, 2.05) is 5.38 Å². The van der Waals surface area contributed by atoms with Crippen LogP contribution < -0.4 is 16.2 Å². The zero-order valence-electron chi connectivity index (χ0n) is 11.0. The molecule has 3 aromatic rings. The summed E-state index contributed by atoms with van der Waals surface area (Å²) in [7, 11) is 0. The minimum atomic E-state index is 0.458. The highest BCUT2D eigenvalue weighted by atomic mass is 32.1. The van der Waals surface area contributed by atoms with E-state index in [0.29, 0.717) is 5.95 Å². The Kier molecular flexibility index (Phi) is 3.81. The van der Waals surface area contributed by atoms with Crippen molar-refractivity contribution in [1.29, 1.82) is 0 Å². The summed E-state index contributed by atoms with van der Waals surface area (Å²) in [5, 5.41) is 5.20. The Labute approximate surface area is 125 Å². The van der Waals surface area contributed by atoms with Gasteiger partial charge in [-0.05, 0) is 29.8 Å². The molecule has 0 unspecified atom stereocenters. The summed E-state index contributed by atoms with van der Waals surface area (Å²) >= 11 is 3.35. The van der Waals surface area contributed by atoms with Gasteiger partial charge in [-0.25, -0.2) is 10.8 Å². The van der Waals surface area contributed by atoms with Crippen molar-refractivity contribution in [2.24, 2.45) is 5.84 Å². The highest BCUT2D eigenvalue weighted by Crippen LogP contribution is 2.30. The van der Waals surface area contributed by atoms with Crippen molar-refractivity contribution in [1.82, 2.24) is 9.97 Å². The summed E-state index contributed by atoms with van der Waals surface area (Å²) in [6.45, 7) is 3.85. The first-order valence-corrected chi connectivity index (χ1v) is 8.07. The fourth-order valence-electron chi connectivity index (χ4n) is 2.07. The molecule has 0 radical (unpaired) electrons. The average molecular weight is 305 g/mol. The molecule has 0 bridgehead atoms. The lowest BCUT2D eigenvalue weighted by atomic mass is 10.3. The second-order valence-corrected chi connectivity index (χ2v) is 6.17. The third kappa shape index (κ3) is 2.47. The Morgan fingerprint density at radius 2 is 2.15 bits per heavy atom. The molecule has 3 N–H and O–H groups in total. The van der Waals surface area contributed by atoms with E-state index in [1.54, 1.807) is 22.7 Å². The molecule has 0 aliphatic heterocycles. The third-order valence-electron chi connectivity index (χ3n) is 3.04. The van der Waals surface area contributed by atoms with Crippen molar-refractivity contribution in [3.63, 3.8) is 0 Å². The predicted molar refractivity (Wildman–Crippen MR) is 86.3 cm³/mol. The minimum Gasteiger partial charge on any atom is -0.351 e. The van der Waals surface area contributed by atoms with Crippen LogP contribution in [0.4, 0.5) is 11.8 Å². The summed E-state index contributed by atoms with van der Waals surface area (Å²) in [5.41, 5.74) is 2.55. The number of hydrogen-bond donors (Lipinski definition) is 2. The predicted octanol–water partition coefficient (Wildman–Crippen LogP) is 3.06. The lowest BCUT2D eigenvalue weighted by molar-refractivity contribution is 0.827. The number of rotatable bonds is 5. The van der Waals surface area contributed by atoms with Gasteiger partial charge < -0.3 is 4.90 Å². The van der Waals surface area contributed by atoms with Crippen LogP contribution in [-0.4, -0.2) is 16.5 Å². The second-order valence-electron chi connectivity index (χ2n) is 4.25. The van der Waals surface area contributed by atoms with Crippen LogP contribution >= 0.6 is 22.7 Å². The number of aromatic nitrogens is 2. The van der Waals surface area contributed by atoms with E-state index in [4.69, 9.17) is 5.84 Å². The van der Waals surface area contributed by atoms with Gasteiger partial charge in [0.25, 0.3) is 0 Å². The molecule has 0 saturated heterocycles. The molecule has 3 heterocycles. The summed E-state index contributed by atoms with van der Waals surface area (Å²) < 4.78 is 0. The van der Waals surface area contributed by atoms with Gasteiger partial charge in [0.2, 0.25) is 5.95 Å². The van der Waals surface area contributed by atoms with Crippen LogP contribution in [0.15, 0.2) is 29.0 Å². The molecular weight excluding hydrogens is 290 g/mol. The molecule has 3 aromatic heterocycles. The molecule has 3 rings (SSSR count). The number of nitrogens with two attached hydrogens (primary N) is 1. The average Bonchev–Trinajstić information content (AvgIpc) is 3.14. The number of hydrogen-bond acceptors (Lipinski definition) is 7. The summed E-state index contributed by atoms with van der Waals surface area (Å²) in [6, 6.07) is 6.27. The monoisotopic (exact) mass is 305 g/mol. The van der Waals surface area contributed by atoms with Gasteiger partial charge in [0, 0.05) is 11.4 Å². The normalized spacial score (nSPS) is 10.9.